The number of anilines is 1. The summed E-state index contributed by atoms with van der Waals surface area (Å²) < 4.78 is 7.48. The molecule has 0 saturated heterocycles. The molecule has 1 amide bonds. The summed E-state index contributed by atoms with van der Waals surface area (Å²) in [5.74, 6) is -0.914. The SMILES string of the molecule is CC(=O)O[C@H](C)C(=O)Nc1ccc2ncn(Cc3ccc(Cl)c(Cl)c3)c(=O)n12. The van der Waals surface area contributed by atoms with Gasteiger partial charge in [-0.1, -0.05) is 29.3 Å². The van der Waals surface area contributed by atoms with Crippen molar-refractivity contribution in [3.63, 3.8) is 0 Å². The minimum Gasteiger partial charge on any atom is -0.453 e. The number of esters is 1. The number of nitrogens with one attached hydrogen (secondary N) is 1. The topological polar surface area (TPSA) is 94.7 Å². The summed E-state index contributed by atoms with van der Waals surface area (Å²) in [7, 11) is 0. The number of fused-ring (bicyclic) bond motifs is 1. The summed E-state index contributed by atoms with van der Waals surface area (Å²) in [4.78, 5) is 40.3. The van der Waals surface area contributed by atoms with Gasteiger partial charge in [-0.3, -0.25) is 14.2 Å². The summed E-state index contributed by atoms with van der Waals surface area (Å²) >= 11 is 11.9. The van der Waals surface area contributed by atoms with Crippen molar-refractivity contribution in [1.29, 1.82) is 0 Å². The van der Waals surface area contributed by atoms with Gasteiger partial charge < -0.3 is 10.1 Å². The van der Waals surface area contributed by atoms with Gasteiger partial charge in [0, 0.05) is 6.92 Å². The first-order chi connectivity index (χ1) is 13.3. The minimum atomic E-state index is -1.00. The molecule has 3 aromatic rings. The molecule has 2 aromatic heterocycles. The second kappa shape index (κ2) is 8.04. The van der Waals surface area contributed by atoms with Crippen LogP contribution in [0.25, 0.3) is 5.65 Å². The molecule has 0 fully saturated rings. The number of halogens is 2. The highest BCUT2D eigenvalue weighted by atomic mass is 35.5. The van der Waals surface area contributed by atoms with E-state index in [1.54, 1.807) is 30.3 Å². The Morgan fingerprint density at radius 3 is 2.64 bits per heavy atom. The molecule has 0 radical (unpaired) electrons. The predicted octanol–water partition coefficient (Wildman–Crippen LogP) is 2.74. The number of carbonyl (C=O) groups excluding carboxylic acids is 2. The van der Waals surface area contributed by atoms with E-state index in [1.807, 2.05) is 0 Å². The van der Waals surface area contributed by atoms with Crippen LogP contribution in [0.15, 0.2) is 41.5 Å². The highest BCUT2D eigenvalue weighted by Crippen LogP contribution is 2.22. The van der Waals surface area contributed by atoms with Crippen LogP contribution in [0.2, 0.25) is 10.0 Å². The largest absolute Gasteiger partial charge is 0.453 e. The predicted molar refractivity (Wildman–Crippen MR) is 105 cm³/mol. The number of benzene rings is 1. The summed E-state index contributed by atoms with van der Waals surface area (Å²) in [6, 6.07) is 8.21. The summed E-state index contributed by atoms with van der Waals surface area (Å²) in [5.41, 5.74) is 0.723. The van der Waals surface area contributed by atoms with Gasteiger partial charge in [0.25, 0.3) is 5.91 Å². The van der Waals surface area contributed by atoms with Crippen molar-refractivity contribution in [2.45, 2.75) is 26.5 Å². The van der Waals surface area contributed by atoms with E-state index in [0.717, 1.165) is 5.56 Å². The van der Waals surface area contributed by atoms with Gasteiger partial charge in [-0.05, 0) is 36.8 Å². The molecule has 146 valence electrons. The highest BCUT2D eigenvalue weighted by Gasteiger charge is 2.18. The van der Waals surface area contributed by atoms with Gasteiger partial charge in [-0.2, -0.15) is 0 Å². The Labute approximate surface area is 169 Å². The second-order valence-corrected chi connectivity index (χ2v) is 6.87. The average Bonchev–Trinajstić information content (AvgIpc) is 3.03. The van der Waals surface area contributed by atoms with Crippen molar-refractivity contribution < 1.29 is 14.3 Å². The van der Waals surface area contributed by atoms with Gasteiger partial charge in [0.1, 0.15) is 17.8 Å². The highest BCUT2D eigenvalue weighted by molar-refractivity contribution is 6.42. The van der Waals surface area contributed by atoms with Crippen LogP contribution in [-0.2, 0) is 20.9 Å². The molecule has 2 heterocycles. The van der Waals surface area contributed by atoms with Crippen LogP contribution in [0, 0.1) is 0 Å². The van der Waals surface area contributed by atoms with Crippen molar-refractivity contribution in [1.82, 2.24) is 14.0 Å². The molecular formula is C18H16Cl2N4O4. The van der Waals surface area contributed by atoms with Crippen LogP contribution in [0.3, 0.4) is 0 Å². The van der Waals surface area contributed by atoms with Crippen molar-refractivity contribution in [3.8, 4) is 0 Å². The van der Waals surface area contributed by atoms with Gasteiger partial charge in [0.2, 0.25) is 0 Å². The Balaban J connectivity index is 1.91. The lowest BCUT2D eigenvalue weighted by Gasteiger charge is -2.12. The van der Waals surface area contributed by atoms with Crippen LogP contribution >= 0.6 is 23.2 Å². The lowest BCUT2D eigenvalue weighted by molar-refractivity contribution is -0.150. The number of aromatic nitrogens is 3. The maximum absolute atomic E-state index is 12.9. The Morgan fingerprint density at radius 2 is 1.96 bits per heavy atom. The van der Waals surface area contributed by atoms with Gasteiger partial charge >= 0.3 is 11.7 Å². The molecule has 0 unspecified atom stereocenters. The molecule has 0 spiro atoms. The lowest BCUT2D eigenvalue weighted by atomic mass is 10.2. The molecule has 0 saturated carbocycles. The maximum atomic E-state index is 12.9. The van der Waals surface area contributed by atoms with E-state index in [2.05, 4.69) is 10.3 Å². The third-order valence-corrected chi connectivity index (χ3v) is 4.67. The maximum Gasteiger partial charge on any atom is 0.337 e. The Hall–Kier alpha value is -2.84. The van der Waals surface area contributed by atoms with Crippen molar-refractivity contribution in [3.05, 3.63) is 62.8 Å². The number of amides is 1. The van der Waals surface area contributed by atoms with E-state index in [1.165, 1.54) is 29.1 Å². The van der Waals surface area contributed by atoms with Crippen LogP contribution in [0.5, 0.6) is 0 Å². The molecule has 0 aliphatic rings. The summed E-state index contributed by atoms with van der Waals surface area (Å²) in [6.45, 7) is 2.86. The fourth-order valence-electron chi connectivity index (χ4n) is 2.61. The summed E-state index contributed by atoms with van der Waals surface area (Å²) in [6.07, 6.45) is 0.408. The van der Waals surface area contributed by atoms with E-state index in [-0.39, 0.29) is 12.4 Å². The van der Waals surface area contributed by atoms with E-state index in [4.69, 9.17) is 27.9 Å². The summed E-state index contributed by atoms with van der Waals surface area (Å²) in [5, 5.41) is 3.38. The molecular weight excluding hydrogens is 407 g/mol. The normalized spacial score (nSPS) is 12.0. The van der Waals surface area contributed by atoms with E-state index in [0.29, 0.717) is 15.7 Å². The minimum absolute atomic E-state index is 0.216. The molecule has 1 N–H and O–H groups in total. The quantitative estimate of drug-likeness (QED) is 0.637. The molecule has 0 aliphatic heterocycles. The molecule has 8 nitrogen and oxygen atoms in total. The van der Waals surface area contributed by atoms with Gasteiger partial charge in [0.15, 0.2) is 6.10 Å². The average molecular weight is 423 g/mol. The first-order valence-electron chi connectivity index (χ1n) is 8.25. The Kier molecular flexibility index (Phi) is 5.71. The lowest BCUT2D eigenvalue weighted by Crippen LogP contribution is -2.32. The van der Waals surface area contributed by atoms with Crippen molar-refractivity contribution in [2.24, 2.45) is 0 Å². The van der Waals surface area contributed by atoms with Crippen LogP contribution in [0.1, 0.15) is 19.4 Å². The third kappa shape index (κ3) is 4.18. The van der Waals surface area contributed by atoms with Crippen LogP contribution in [0.4, 0.5) is 5.82 Å². The van der Waals surface area contributed by atoms with Gasteiger partial charge in [-0.15, -0.1) is 0 Å². The third-order valence-electron chi connectivity index (χ3n) is 3.93. The molecule has 28 heavy (non-hydrogen) atoms. The Morgan fingerprint density at radius 1 is 1.21 bits per heavy atom. The number of nitrogens with zero attached hydrogens (tertiary/aromatic N) is 3. The first kappa shape index (κ1) is 19.9. The van der Waals surface area contributed by atoms with Gasteiger partial charge in [-0.25, -0.2) is 14.2 Å². The number of hydrogen-bond acceptors (Lipinski definition) is 5. The second-order valence-electron chi connectivity index (χ2n) is 6.06. The molecule has 3 rings (SSSR count). The number of rotatable bonds is 5. The number of ether oxygens (including phenoxy) is 1. The fraction of sp³-hybridized carbons (Fsp3) is 0.222. The standard InChI is InChI=1S/C18H16Cl2N4O4/c1-10(28-11(2)25)17(26)22-16-6-5-15-21-9-23(18(27)24(15)16)8-12-3-4-13(19)14(20)7-12/h3-7,9-10H,8H2,1-2H3,(H,22,26)/t10-/m1/s1. The zero-order chi connectivity index (χ0) is 20.4. The van der Waals surface area contributed by atoms with Crippen molar-refractivity contribution >= 4 is 46.5 Å². The van der Waals surface area contributed by atoms with E-state index >= 15 is 0 Å². The van der Waals surface area contributed by atoms with Crippen molar-refractivity contribution in [2.75, 3.05) is 5.32 Å². The molecule has 0 aliphatic carbocycles. The van der Waals surface area contributed by atoms with Gasteiger partial charge in [0.05, 0.1) is 16.6 Å². The zero-order valence-electron chi connectivity index (χ0n) is 15.0. The zero-order valence-corrected chi connectivity index (χ0v) is 16.5. The number of carbonyl (C=O) groups is 2. The van der Waals surface area contributed by atoms with E-state index in [9.17, 15) is 14.4 Å². The Bertz CT molecular complexity index is 1120. The monoisotopic (exact) mass is 422 g/mol. The van der Waals surface area contributed by atoms with Crippen LogP contribution < -0.4 is 11.0 Å². The van der Waals surface area contributed by atoms with E-state index < -0.39 is 23.7 Å². The van der Waals surface area contributed by atoms with Crippen LogP contribution in [-0.4, -0.2) is 31.9 Å². The first-order valence-corrected chi connectivity index (χ1v) is 9.01. The molecule has 1 aromatic carbocycles. The molecule has 10 heteroatoms. The number of hydrogen-bond donors (Lipinski definition) is 1. The fourth-order valence-corrected chi connectivity index (χ4v) is 2.93. The molecule has 1 atom stereocenters. The molecule has 0 bridgehead atoms. The smallest absolute Gasteiger partial charge is 0.337 e.